The van der Waals surface area contributed by atoms with Crippen LogP contribution in [-0.2, 0) is 11.3 Å². The van der Waals surface area contributed by atoms with Crippen molar-refractivity contribution in [1.29, 1.82) is 0 Å². The number of carbonyl (C=O) groups excluding carboxylic acids is 1. The average Bonchev–Trinajstić information content (AvgIpc) is 2.64. The Bertz CT molecular complexity index is 352. The zero-order chi connectivity index (χ0) is 12.4. The lowest BCUT2D eigenvalue weighted by Gasteiger charge is -2.36. The smallest absolute Gasteiger partial charge is 0.227 e. The van der Waals surface area contributed by atoms with Gasteiger partial charge in [-0.15, -0.1) is 11.3 Å². The van der Waals surface area contributed by atoms with Crippen LogP contribution in [0.2, 0.25) is 0 Å². The standard InChI is InChI=1S/C11H19N3OS/c1-10(2,11(3,4)12)9(15)13-5-8-6-16-7-14-8/h6-7H,5,12H2,1-4H3,(H,13,15). The summed E-state index contributed by atoms with van der Waals surface area (Å²) < 4.78 is 0. The van der Waals surface area contributed by atoms with Crippen LogP contribution in [0.4, 0.5) is 0 Å². The Labute approximate surface area is 100 Å². The van der Waals surface area contributed by atoms with Crippen molar-refractivity contribution in [2.75, 3.05) is 0 Å². The highest BCUT2D eigenvalue weighted by Gasteiger charge is 2.40. The van der Waals surface area contributed by atoms with Crippen LogP contribution >= 0.6 is 11.3 Å². The average molecular weight is 241 g/mol. The van der Waals surface area contributed by atoms with Crippen LogP contribution in [0.25, 0.3) is 0 Å². The van der Waals surface area contributed by atoms with E-state index in [1.165, 1.54) is 11.3 Å². The van der Waals surface area contributed by atoms with Crippen molar-refractivity contribution in [3.8, 4) is 0 Å². The van der Waals surface area contributed by atoms with Crippen LogP contribution in [0.3, 0.4) is 0 Å². The second-order valence-electron chi connectivity index (χ2n) is 5.01. The topological polar surface area (TPSA) is 68.0 Å². The molecule has 0 aliphatic heterocycles. The molecular formula is C11H19N3OS. The number of nitrogens with zero attached hydrogens (tertiary/aromatic N) is 1. The summed E-state index contributed by atoms with van der Waals surface area (Å²) in [6.45, 7) is 7.87. The van der Waals surface area contributed by atoms with Gasteiger partial charge in [0.2, 0.25) is 5.91 Å². The first-order chi connectivity index (χ1) is 7.25. The first-order valence-electron chi connectivity index (χ1n) is 5.19. The van der Waals surface area contributed by atoms with E-state index in [1.54, 1.807) is 5.51 Å². The van der Waals surface area contributed by atoms with Gasteiger partial charge < -0.3 is 11.1 Å². The van der Waals surface area contributed by atoms with Crippen LogP contribution in [0.15, 0.2) is 10.9 Å². The maximum Gasteiger partial charge on any atom is 0.227 e. The summed E-state index contributed by atoms with van der Waals surface area (Å²) in [5, 5.41) is 4.77. The fourth-order valence-electron chi connectivity index (χ4n) is 1.01. The molecule has 1 aromatic rings. The number of nitrogens with two attached hydrogens (primary N) is 1. The van der Waals surface area contributed by atoms with Gasteiger partial charge in [0.25, 0.3) is 0 Å². The first kappa shape index (κ1) is 13.1. The summed E-state index contributed by atoms with van der Waals surface area (Å²) in [6, 6.07) is 0. The number of carbonyl (C=O) groups is 1. The van der Waals surface area contributed by atoms with Crippen LogP contribution in [0.1, 0.15) is 33.4 Å². The number of rotatable bonds is 4. The normalized spacial score (nSPS) is 12.6. The van der Waals surface area contributed by atoms with Gasteiger partial charge in [0, 0.05) is 10.9 Å². The van der Waals surface area contributed by atoms with Crippen LogP contribution in [0, 0.1) is 5.41 Å². The molecule has 0 fully saturated rings. The third-order valence-electron chi connectivity index (χ3n) is 3.09. The minimum Gasteiger partial charge on any atom is -0.350 e. The third-order valence-corrected chi connectivity index (χ3v) is 3.73. The molecule has 0 bridgehead atoms. The Morgan fingerprint density at radius 2 is 2.12 bits per heavy atom. The molecule has 1 heterocycles. The second kappa shape index (κ2) is 4.51. The molecule has 0 aromatic carbocycles. The van der Waals surface area contributed by atoms with Gasteiger partial charge >= 0.3 is 0 Å². The van der Waals surface area contributed by atoms with Gasteiger partial charge in [-0.05, 0) is 27.7 Å². The molecule has 5 heteroatoms. The first-order valence-corrected chi connectivity index (χ1v) is 6.13. The van der Waals surface area contributed by atoms with E-state index < -0.39 is 11.0 Å². The zero-order valence-corrected chi connectivity index (χ0v) is 11.0. The van der Waals surface area contributed by atoms with Crippen molar-refractivity contribution in [2.24, 2.45) is 11.1 Å². The highest BCUT2D eigenvalue weighted by atomic mass is 32.1. The lowest BCUT2D eigenvalue weighted by molar-refractivity contribution is -0.132. The largest absolute Gasteiger partial charge is 0.350 e. The monoisotopic (exact) mass is 241 g/mol. The van der Waals surface area contributed by atoms with Crippen molar-refractivity contribution < 1.29 is 4.79 Å². The predicted molar refractivity (Wildman–Crippen MR) is 66.0 cm³/mol. The molecule has 0 saturated carbocycles. The number of aromatic nitrogens is 1. The van der Waals surface area contributed by atoms with E-state index in [9.17, 15) is 4.79 Å². The molecule has 3 N–H and O–H groups in total. The summed E-state index contributed by atoms with van der Waals surface area (Å²) in [5.74, 6) is -0.0481. The molecule has 0 atom stereocenters. The summed E-state index contributed by atoms with van der Waals surface area (Å²) >= 11 is 1.52. The Hall–Kier alpha value is -0.940. The van der Waals surface area contributed by atoms with Crippen LogP contribution in [0.5, 0.6) is 0 Å². The van der Waals surface area contributed by atoms with Crippen molar-refractivity contribution in [2.45, 2.75) is 39.8 Å². The lowest BCUT2D eigenvalue weighted by atomic mass is 9.74. The van der Waals surface area contributed by atoms with E-state index in [0.29, 0.717) is 6.54 Å². The van der Waals surface area contributed by atoms with E-state index in [2.05, 4.69) is 10.3 Å². The summed E-state index contributed by atoms with van der Waals surface area (Å²) in [4.78, 5) is 16.1. The van der Waals surface area contributed by atoms with E-state index in [4.69, 9.17) is 5.73 Å². The lowest BCUT2D eigenvalue weighted by Crippen LogP contribution is -2.55. The van der Waals surface area contributed by atoms with Gasteiger partial charge in [-0.3, -0.25) is 4.79 Å². The molecule has 0 aliphatic rings. The molecule has 1 rings (SSSR count). The molecule has 16 heavy (non-hydrogen) atoms. The Morgan fingerprint density at radius 3 is 2.56 bits per heavy atom. The minimum atomic E-state index is -0.608. The Kier molecular flexibility index (Phi) is 3.70. The number of thiazole rings is 1. The van der Waals surface area contributed by atoms with Gasteiger partial charge in [0.1, 0.15) is 0 Å². The van der Waals surface area contributed by atoms with Crippen LogP contribution < -0.4 is 11.1 Å². The van der Waals surface area contributed by atoms with Crippen molar-refractivity contribution in [3.63, 3.8) is 0 Å². The molecule has 0 radical (unpaired) electrons. The summed E-state index contributed by atoms with van der Waals surface area (Å²) in [7, 11) is 0. The number of amides is 1. The molecule has 1 amide bonds. The van der Waals surface area contributed by atoms with Gasteiger partial charge in [0.05, 0.1) is 23.2 Å². The number of hydrogen-bond donors (Lipinski definition) is 2. The van der Waals surface area contributed by atoms with E-state index >= 15 is 0 Å². The maximum atomic E-state index is 12.0. The van der Waals surface area contributed by atoms with Gasteiger partial charge in [0.15, 0.2) is 0 Å². The highest BCUT2D eigenvalue weighted by molar-refractivity contribution is 7.07. The maximum absolute atomic E-state index is 12.0. The van der Waals surface area contributed by atoms with Crippen molar-refractivity contribution in [3.05, 3.63) is 16.6 Å². The second-order valence-corrected chi connectivity index (χ2v) is 5.73. The molecule has 90 valence electrons. The SMILES string of the molecule is CC(C)(N)C(C)(C)C(=O)NCc1cscn1. The molecule has 0 aliphatic carbocycles. The predicted octanol–water partition coefficient (Wildman–Crippen LogP) is 1.52. The molecule has 4 nitrogen and oxygen atoms in total. The van der Waals surface area contributed by atoms with Gasteiger partial charge in [-0.2, -0.15) is 0 Å². The fraction of sp³-hybridized carbons (Fsp3) is 0.636. The molecule has 0 spiro atoms. The van der Waals surface area contributed by atoms with Crippen molar-refractivity contribution in [1.82, 2.24) is 10.3 Å². The zero-order valence-electron chi connectivity index (χ0n) is 10.2. The van der Waals surface area contributed by atoms with E-state index in [-0.39, 0.29) is 5.91 Å². The summed E-state index contributed by atoms with van der Waals surface area (Å²) in [5.41, 5.74) is 7.45. The Morgan fingerprint density at radius 1 is 1.50 bits per heavy atom. The number of hydrogen-bond acceptors (Lipinski definition) is 4. The van der Waals surface area contributed by atoms with Gasteiger partial charge in [-0.1, -0.05) is 0 Å². The van der Waals surface area contributed by atoms with Crippen molar-refractivity contribution >= 4 is 17.2 Å². The number of nitrogens with one attached hydrogen (secondary N) is 1. The minimum absolute atomic E-state index is 0.0481. The summed E-state index contributed by atoms with van der Waals surface area (Å²) in [6.07, 6.45) is 0. The van der Waals surface area contributed by atoms with E-state index in [0.717, 1.165) is 5.69 Å². The Balaban J connectivity index is 2.59. The third kappa shape index (κ3) is 2.80. The molecule has 1 aromatic heterocycles. The van der Waals surface area contributed by atoms with Crippen LogP contribution in [-0.4, -0.2) is 16.4 Å². The quantitative estimate of drug-likeness (QED) is 0.840. The van der Waals surface area contributed by atoms with E-state index in [1.807, 2.05) is 33.1 Å². The highest BCUT2D eigenvalue weighted by Crippen LogP contribution is 2.28. The van der Waals surface area contributed by atoms with Gasteiger partial charge in [-0.25, -0.2) is 4.98 Å². The molecular weight excluding hydrogens is 222 g/mol. The molecule has 0 saturated heterocycles. The molecule has 0 unspecified atom stereocenters. The fourth-order valence-corrected chi connectivity index (χ4v) is 1.57.